The standard InChI is InChI=1S/C32H41FN2O2/c1-3-5-7-9-11-13-15-26-23-34-31(35-24-26)29-21-20-28(22-30(29)33)37-32(36)27-18-16-25(17-19-27)14-12-10-8-6-4-2/h16-24H,3-15H2,1-2H3. The predicted molar refractivity (Wildman–Crippen MR) is 148 cm³/mol. The first-order chi connectivity index (χ1) is 18.1. The van der Waals surface area contributed by atoms with E-state index in [-0.39, 0.29) is 11.3 Å². The highest BCUT2D eigenvalue weighted by molar-refractivity contribution is 5.91. The van der Waals surface area contributed by atoms with Gasteiger partial charge in [0.25, 0.3) is 0 Å². The number of esters is 1. The van der Waals surface area contributed by atoms with Gasteiger partial charge in [0.2, 0.25) is 0 Å². The van der Waals surface area contributed by atoms with Crippen molar-refractivity contribution in [3.63, 3.8) is 0 Å². The molecule has 0 fully saturated rings. The second-order valence-electron chi connectivity index (χ2n) is 9.82. The maximum atomic E-state index is 14.8. The normalized spacial score (nSPS) is 11.0. The second-order valence-corrected chi connectivity index (χ2v) is 9.82. The molecule has 0 saturated carbocycles. The van der Waals surface area contributed by atoms with Gasteiger partial charge in [-0.1, -0.05) is 83.8 Å². The van der Waals surface area contributed by atoms with Gasteiger partial charge in [-0.3, -0.25) is 0 Å². The molecule has 0 aliphatic heterocycles. The van der Waals surface area contributed by atoms with Gasteiger partial charge >= 0.3 is 5.97 Å². The maximum Gasteiger partial charge on any atom is 0.343 e. The minimum absolute atomic E-state index is 0.158. The SMILES string of the molecule is CCCCCCCCc1cnc(-c2ccc(OC(=O)c3ccc(CCCCCCC)cc3)cc2F)nc1. The zero-order valence-electron chi connectivity index (χ0n) is 22.5. The molecule has 0 amide bonds. The van der Waals surface area contributed by atoms with Gasteiger partial charge in [0.1, 0.15) is 11.6 Å². The molecule has 0 spiro atoms. The molecule has 198 valence electrons. The summed E-state index contributed by atoms with van der Waals surface area (Å²) in [7, 11) is 0. The molecule has 0 unspecified atom stereocenters. The first kappa shape index (κ1) is 28.5. The van der Waals surface area contributed by atoms with Gasteiger partial charge in [-0.2, -0.15) is 0 Å². The summed E-state index contributed by atoms with van der Waals surface area (Å²) in [6.45, 7) is 4.43. The topological polar surface area (TPSA) is 52.1 Å². The van der Waals surface area contributed by atoms with E-state index in [9.17, 15) is 9.18 Å². The van der Waals surface area contributed by atoms with Gasteiger partial charge in [0, 0.05) is 18.5 Å². The molecule has 4 nitrogen and oxygen atoms in total. The van der Waals surface area contributed by atoms with Crippen LogP contribution in [0.1, 0.15) is 106 Å². The number of nitrogens with zero attached hydrogens (tertiary/aromatic N) is 2. The van der Waals surface area contributed by atoms with Crippen molar-refractivity contribution in [2.75, 3.05) is 0 Å². The van der Waals surface area contributed by atoms with Gasteiger partial charge in [-0.25, -0.2) is 19.2 Å². The van der Waals surface area contributed by atoms with Crippen LogP contribution in [-0.2, 0) is 12.8 Å². The first-order valence-electron chi connectivity index (χ1n) is 14.0. The molecule has 2 aromatic carbocycles. The molecular weight excluding hydrogens is 463 g/mol. The van der Waals surface area contributed by atoms with Crippen LogP contribution in [0.2, 0.25) is 0 Å². The fourth-order valence-electron chi connectivity index (χ4n) is 4.38. The number of aryl methyl sites for hydroxylation is 2. The Morgan fingerprint density at radius 3 is 1.89 bits per heavy atom. The van der Waals surface area contributed by atoms with E-state index in [1.165, 1.54) is 69.4 Å². The molecule has 3 rings (SSSR count). The van der Waals surface area contributed by atoms with Crippen LogP contribution in [0.3, 0.4) is 0 Å². The third-order valence-electron chi connectivity index (χ3n) is 6.67. The van der Waals surface area contributed by atoms with Gasteiger partial charge in [-0.05, 0) is 61.1 Å². The number of hydrogen-bond donors (Lipinski definition) is 0. The Kier molecular flexibility index (Phi) is 12.2. The van der Waals surface area contributed by atoms with Crippen LogP contribution in [0.15, 0.2) is 54.9 Å². The summed E-state index contributed by atoms with van der Waals surface area (Å²) in [4.78, 5) is 21.3. The second kappa shape index (κ2) is 15.9. The van der Waals surface area contributed by atoms with Crippen LogP contribution in [0.4, 0.5) is 4.39 Å². The Morgan fingerprint density at radius 1 is 0.730 bits per heavy atom. The molecule has 37 heavy (non-hydrogen) atoms. The van der Waals surface area contributed by atoms with Crippen LogP contribution in [0.5, 0.6) is 5.75 Å². The number of hydrogen-bond acceptors (Lipinski definition) is 4. The molecular formula is C32H41FN2O2. The number of carbonyl (C=O) groups is 1. The summed E-state index contributed by atoms with van der Waals surface area (Å²) in [5.41, 5.74) is 3.01. The Balaban J connectivity index is 1.50. The van der Waals surface area contributed by atoms with Crippen molar-refractivity contribution in [1.82, 2.24) is 9.97 Å². The Labute approximate surface area is 221 Å². The highest BCUT2D eigenvalue weighted by atomic mass is 19.1. The van der Waals surface area contributed by atoms with Crippen molar-refractivity contribution in [3.05, 3.63) is 77.4 Å². The smallest absolute Gasteiger partial charge is 0.343 e. The molecule has 0 radical (unpaired) electrons. The zero-order valence-corrected chi connectivity index (χ0v) is 22.5. The molecule has 5 heteroatoms. The number of unbranched alkanes of at least 4 members (excludes halogenated alkanes) is 9. The number of halogens is 1. The number of rotatable bonds is 16. The van der Waals surface area contributed by atoms with Crippen molar-refractivity contribution in [3.8, 4) is 17.1 Å². The summed E-state index contributed by atoms with van der Waals surface area (Å²) in [6, 6.07) is 11.8. The number of benzene rings is 2. The van der Waals surface area contributed by atoms with Crippen molar-refractivity contribution < 1.29 is 13.9 Å². The van der Waals surface area contributed by atoms with E-state index in [1.807, 2.05) is 12.1 Å². The van der Waals surface area contributed by atoms with E-state index in [0.717, 1.165) is 31.2 Å². The largest absolute Gasteiger partial charge is 0.423 e. The summed E-state index contributed by atoms with van der Waals surface area (Å²) in [5, 5.41) is 0. The molecule has 0 saturated heterocycles. The first-order valence-corrected chi connectivity index (χ1v) is 14.0. The average molecular weight is 505 g/mol. The van der Waals surface area contributed by atoms with Crippen LogP contribution in [0.25, 0.3) is 11.4 Å². The fraction of sp³-hybridized carbons (Fsp3) is 0.469. The average Bonchev–Trinajstić information content (AvgIpc) is 2.91. The van der Waals surface area contributed by atoms with E-state index in [2.05, 4.69) is 23.8 Å². The molecule has 1 aromatic heterocycles. The molecule has 0 atom stereocenters. The van der Waals surface area contributed by atoms with Crippen molar-refractivity contribution in [2.24, 2.45) is 0 Å². The Bertz CT molecular complexity index is 1080. The lowest BCUT2D eigenvalue weighted by Gasteiger charge is -2.08. The van der Waals surface area contributed by atoms with Gasteiger partial charge in [0.15, 0.2) is 5.82 Å². The van der Waals surface area contributed by atoms with E-state index >= 15 is 0 Å². The summed E-state index contributed by atoms with van der Waals surface area (Å²) in [5.74, 6) is -0.539. The number of carbonyl (C=O) groups excluding carboxylic acids is 1. The van der Waals surface area contributed by atoms with Crippen molar-refractivity contribution in [2.45, 2.75) is 97.3 Å². The van der Waals surface area contributed by atoms with Crippen LogP contribution < -0.4 is 4.74 Å². The fourth-order valence-corrected chi connectivity index (χ4v) is 4.38. The lowest BCUT2D eigenvalue weighted by molar-refractivity contribution is 0.0734. The molecule has 0 N–H and O–H groups in total. The third kappa shape index (κ3) is 9.71. The molecule has 0 aliphatic rings. The number of aromatic nitrogens is 2. The maximum absolute atomic E-state index is 14.8. The van der Waals surface area contributed by atoms with E-state index in [4.69, 9.17) is 4.74 Å². The van der Waals surface area contributed by atoms with Crippen LogP contribution in [0, 0.1) is 5.82 Å². The minimum Gasteiger partial charge on any atom is -0.423 e. The molecule has 0 aliphatic carbocycles. The van der Waals surface area contributed by atoms with E-state index in [1.54, 1.807) is 36.7 Å². The quantitative estimate of drug-likeness (QED) is 0.111. The summed E-state index contributed by atoms with van der Waals surface area (Å²) in [6.07, 6.45) is 19.1. The molecule has 3 aromatic rings. The van der Waals surface area contributed by atoms with Gasteiger partial charge < -0.3 is 4.74 Å². The highest BCUT2D eigenvalue weighted by Crippen LogP contribution is 2.24. The lowest BCUT2D eigenvalue weighted by Crippen LogP contribution is -2.09. The predicted octanol–water partition coefficient (Wildman–Crippen LogP) is 8.92. The van der Waals surface area contributed by atoms with Crippen LogP contribution in [-0.4, -0.2) is 15.9 Å². The highest BCUT2D eigenvalue weighted by Gasteiger charge is 2.13. The molecule has 0 bridgehead atoms. The van der Waals surface area contributed by atoms with Crippen molar-refractivity contribution >= 4 is 5.97 Å². The monoisotopic (exact) mass is 504 g/mol. The van der Waals surface area contributed by atoms with Gasteiger partial charge in [-0.15, -0.1) is 0 Å². The van der Waals surface area contributed by atoms with Gasteiger partial charge in [0.05, 0.1) is 11.1 Å². The third-order valence-corrected chi connectivity index (χ3v) is 6.67. The summed E-state index contributed by atoms with van der Waals surface area (Å²) < 4.78 is 20.2. The van der Waals surface area contributed by atoms with E-state index < -0.39 is 11.8 Å². The summed E-state index contributed by atoms with van der Waals surface area (Å²) >= 11 is 0. The Hall–Kier alpha value is -3.08. The zero-order chi connectivity index (χ0) is 26.3. The minimum atomic E-state index is -0.521. The van der Waals surface area contributed by atoms with E-state index in [0.29, 0.717) is 11.4 Å². The number of ether oxygens (including phenoxy) is 1. The van der Waals surface area contributed by atoms with Crippen LogP contribution >= 0.6 is 0 Å². The molecule has 1 heterocycles. The Morgan fingerprint density at radius 2 is 1.30 bits per heavy atom. The lowest BCUT2D eigenvalue weighted by atomic mass is 10.0. The van der Waals surface area contributed by atoms with Crippen molar-refractivity contribution in [1.29, 1.82) is 0 Å².